The molecule has 1 aromatic rings. The molecule has 21 heavy (non-hydrogen) atoms. The second kappa shape index (κ2) is 8.98. The van der Waals surface area contributed by atoms with Crippen LogP contribution in [-0.4, -0.2) is 61.8 Å². The summed E-state index contributed by atoms with van der Waals surface area (Å²) >= 11 is 0. The average Bonchev–Trinajstić information content (AvgIpc) is 2.51. The molecular formula is C18H28N2O. The van der Waals surface area contributed by atoms with Crippen molar-refractivity contribution < 1.29 is 4.74 Å². The molecule has 1 atom stereocenters. The molecule has 0 aromatic heterocycles. The van der Waals surface area contributed by atoms with Crippen molar-refractivity contribution in [3.8, 4) is 0 Å². The Hall–Kier alpha value is -1.16. The van der Waals surface area contributed by atoms with E-state index in [0.717, 1.165) is 45.9 Å². The first-order valence-electron chi connectivity index (χ1n) is 8.05. The minimum Gasteiger partial charge on any atom is -0.380 e. The van der Waals surface area contributed by atoms with Gasteiger partial charge in [-0.25, -0.2) is 0 Å². The molecule has 116 valence electrons. The Bertz CT molecular complexity index is 418. The highest BCUT2D eigenvalue weighted by molar-refractivity contribution is 5.48. The third kappa shape index (κ3) is 5.62. The van der Waals surface area contributed by atoms with Crippen molar-refractivity contribution in [1.29, 1.82) is 0 Å². The van der Waals surface area contributed by atoms with Gasteiger partial charge in [0.15, 0.2) is 0 Å². The van der Waals surface area contributed by atoms with Gasteiger partial charge in [-0.1, -0.05) is 42.5 Å². The number of piperazine rings is 1. The van der Waals surface area contributed by atoms with Gasteiger partial charge in [0.05, 0.1) is 6.61 Å². The van der Waals surface area contributed by atoms with E-state index in [4.69, 9.17) is 4.74 Å². The van der Waals surface area contributed by atoms with Crippen molar-refractivity contribution >= 4 is 6.08 Å². The number of rotatable bonds is 7. The molecule has 0 aliphatic carbocycles. The van der Waals surface area contributed by atoms with Crippen LogP contribution < -0.4 is 0 Å². The molecule has 0 saturated carbocycles. The molecular weight excluding hydrogens is 260 g/mol. The lowest BCUT2D eigenvalue weighted by molar-refractivity contribution is 0.0535. The van der Waals surface area contributed by atoms with E-state index in [2.05, 4.69) is 66.1 Å². The van der Waals surface area contributed by atoms with E-state index < -0.39 is 0 Å². The quantitative estimate of drug-likeness (QED) is 0.718. The van der Waals surface area contributed by atoms with Gasteiger partial charge in [-0.05, 0) is 19.4 Å². The fourth-order valence-corrected chi connectivity index (χ4v) is 2.80. The van der Waals surface area contributed by atoms with E-state index in [1.807, 2.05) is 0 Å². The highest BCUT2D eigenvalue weighted by atomic mass is 16.5. The lowest BCUT2D eigenvalue weighted by Crippen LogP contribution is -2.52. The van der Waals surface area contributed by atoms with Crippen molar-refractivity contribution in [3.63, 3.8) is 0 Å². The summed E-state index contributed by atoms with van der Waals surface area (Å²) in [4.78, 5) is 5.06. The second-order valence-corrected chi connectivity index (χ2v) is 5.65. The van der Waals surface area contributed by atoms with Crippen LogP contribution in [-0.2, 0) is 4.74 Å². The maximum absolute atomic E-state index is 5.46. The molecule has 0 spiro atoms. The summed E-state index contributed by atoms with van der Waals surface area (Å²) in [6.07, 6.45) is 4.49. The van der Waals surface area contributed by atoms with Crippen LogP contribution in [0, 0.1) is 0 Å². The Morgan fingerprint density at radius 1 is 1.24 bits per heavy atom. The first kappa shape index (κ1) is 16.2. The summed E-state index contributed by atoms with van der Waals surface area (Å²) in [6, 6.07) is 11.1. The topological polar surface area (TPSA) is 15.7 Å². The van der Waals surface area contributed by atoms with Crippen LogP contribution in [0.5, 0.6) is 0 Å². The molecule has 1 fully saturated rings. The molecule has 0 N–H and O–H groups in total. The van der Waals surface area contributed by atoms with Crippen molar-refractivity contribution in [2.75, 3.05) is 45.9 Å². The predicted molar refractivity (Wildman–Crippen MR) is 89.4 cm³/mol. The molecule has 3 nitrogen and oxygen atoms in total. The lowest BCUT2D eigenvalue weighted by Gasteiger charge is -2.39. The first-order valence-corrected chi connectivity index (χ1v) is 8.05. The molecule has 1 heterocycles. The summed E-state index contributed by atoms with van der Waals surface area (Å²) in [5.41, 5.74) is 1.28. The molecule has 2 rings (SSSR count). The SMILES string of the molecule is CCOCCN1CCN(C/C=C\c2ccccc2)C[C@H]1C. The molecule has 1 aliphatic heterocycles. The van der Waals surface area contributed by atoms with Crippen LogP contribution in [0.4, 0.5) is 0 Å². The van der Waals surface area contributed by atoms with Gasteiger partial charge in [-0.2, -0.15) is 0 Å². The molecule has 1 aromatic carbocycles. The van der Waals surface area contributed by atoms with Crippen LogP contribution in [0.3, 0.4) is 0 Å². The molecule has 0 unspecified atom stereocenters. The van der Waals surface area contributed by atoms with Gasteiger partial charge in [-0.15, -0.1) is 0 Å². The normalized spacial score (nSPS) is 21.1. The Kier molecular flexibility index (Phi) is 6.93. The predicted octanol–water partition coefficient (Wildman–Crippen LogP) is 2.74. The van der Waals surface area contributed by atoms with Gasteiger partial charge in [-0.3, -0.25) is 9.80 Å². The average molecular weight is 288 g/mol. The van der Waals surface area contributed by atoms with Gasteiger partial charge >= 0.3 is 0 Å². The Morgan fingerprint density at radius 2 is 2.05 bits per heavy atom. The summed E-state index contributed by atoms with van der Waals surface area (Å²) in [6.45, 7) is 11.6. The van der Waals surface area contributed by atoms with Crippen LogP contribution >= 0.6 is 0 Å². The zero-order chi connectivity index (χ0) is 14.9. The number of hydrogen-bond donors (Lipinski definition) is 0. The smallest absolute Gasteiger partial charge is 0.0593 e. The van der Waals surface area contributed by atoms with Crippen LogP contribution in [0.25, 0.3) is 6.08 Å². The summed E-state index contributed by atoms with van der Waals surface area (Å²) in [5, 5.41) is 0. The van der Waals surface area contributed by atoms with E-state index >= 15 is 0 Å². The zero-order valence-corrected chi connectivity index (χ0v) is 13.4. The molecule has 1 saturated heterocycles. The maximum atomic E-state index is 5.46. The van der Waals surface area contributed by atoms with E-state index in [1.165, 1.54) is 5.56 Å². The van der Waals surface area contributed by atoms with Crippen LogP contribution in [0.15, 0.2) is 36.4 Å². The van der Waals surface area contributed by atoms with Crippen molar-refractivity contribution in [3.05, 3.63) is 42.0 Å². The van der Waals surface area contributed by atoms with Crippen molar-refractivity contribution in [1.82, 2.24) is 9.80 Å². The van der Waals surface area contributed by atoms with Crippen molar-refractivity contribution in [2.24, 2.45) is 0 Å². The fraction of sp³-hybridized carbons (Fsp3) is 0.556. The molecule has 0 amide bonds. The van der Waals surface area contributed by atoms with E-state index in [1.54, 1.807) is 0 Å². The van der Waals surface area contributed by atoms with Crippen LogP contribution in [0.2, 0.25) is 0 Å². The summed E-state index contributed by atoms with van der Waals surface area (Å²) < 4.78 is 5.46. The third-order valence-corrected chi connectivity index (χ3v) is 4.05. The number of ether oxygens (including phenoxy) is 1. The second-order valence-electron chi connectivity index (χ2n) is 5.65. The Labute approximate surface area is 129 Å². The van der Waals surface area contributed by atoms with Gasteiger partial charge in [0.2, 0.25) is 0 Å². The van der Waals surface area contributed by atoms with Gasteiger partial charge in [0, 0.05) is 45.4 Å². The van der Waals surface area contributed by atoms with Gasteiger partial charge < -0.3 is 4.74 Å². The fourth-order valence-electron chi connectivity index (χ4n) is 2.80. The molecule has 3 heteroatoms. The minimum absolute atomic E-state index is 0.615. The minimum atomic E-state index is 0.615. The van der Waals surface area contributed by atoms with Crippen molar-refractivity contribution in [2.45, 2.75) is 19.9 Å². The van der Waals surface area contributed by atoms with Gasteiger partial charge in [0.1, 0.15) is 0 Å². The van der Waals surface area contributed by atoms with E-state index in [-0.39, 0.29) is 0 Å². The maximum Gasteiger partial charge on any atom is 0.0593 e. The van der Waals surface area contributed by atoms with Crippen LogP contribution in [0.1, 0.15) is 19.4 Å². The monoisotopic (exact) mass is 288 g/mol. The standard InChI is InChI=1S/C18H28N2O/c1-3-21-15-14-20-13-12-19(16-17(20)2)11-7-10-18-8-5-4-6-9-18/h4-10,17H,3,11-16H2,1-2H3/b10-7-/t17-/m1/s1. The summed E-state index contributed by atoms with van der Waals surface area (Å²) in [7, 11) is 0. The molecule has 0 radical (unpaired) electrons. The first-order chi connectivity index (χ1) is 10.3. The molecule has 1 aliphatic rings. The number of benzene rings is 1. The number of nitrogens with zero attached hydrogens (tertiary/aromatic N) is 2. The highest BCUT2D eigenvalue weighted by Gasteiger charge is 2.22. The third-order valence-electron chi connectivity index (χ3n) is 4.05. The number of hydrogen-bond acceptors (Lipinski definition) is 3. The van der Waals surface area contributed by atoms with E-state index in [9.17, 15) is 0 Å². The van der Waals surface area contributed by atoms with E-state index in [0.29, 0.717) is 6.04 Å². The summed E-state index contributed by atoms with van der Waals surface area (Å²) in [5.74, 6) is 0. The zero-order valence-electron chi connectivity index (χ0n) is 13.4. The van der Waals surface area contributed by atoms with Gasteiger partial charge in [0.25, 0.3) is 0 Å². The Balaban J connectivity index is 1.71. The lowest BCUT2D eigenvalue weighted by atomic mass is 10.2. The highest BCUT2D eigenvalue weighted by Crippen LogP contribution is 2.09. The Morgan fingerprint density at radius 3 is 2.76 bits per heavy atom. The molecule has 0 bridgehead atoms. The largest absolute Gasteiger partial charge is 0.380 e.